The third kappa shape index (κ3) is 3.56. The molecular formula is C18H18N2O8. The number of nitro groups is 1. The summed E-state index contributed by atoms with van der Waals surface area (Å²) in [5.74, 6) is 1.27. The van der Waals surface area contributed by atoms with Crippen molar-refractivity contribution in [3.63, 3.8) is 0 Å². The molecule has 0 atom stereocenters. The minimum atomic E-state index is -0.645. The summed E-state index contributed by atoms with van der Waals surface area (Å²) in [4.78, 5) is 23.3. The second-order valence-corrected chi connectivity index (χ2v) is 5.68. The first kappa shape index (κ1) is 19.1. The maximum Gasteiger partial charge on any atom is 0.286 e. The first-order valence-corrected chi connectivity index (χ1v) is 8.13. The molecule has 0 saturated heterocycles. The molecule has 3 rings (SSSR count). The first-order valence-electron chi connectivity index (χ1n) is 8.13. The van der Waals surface area contributed by atoms with Crippen LogP contribution >= 0.6 is 0 Å². The van der Waals surface area contributed by atoms with Crippen molar-refractivity contribution in [2.24, 2.45) is 0 Å². The van der Waals surface area contributed by atoms with Crippen LogP contribution in [-0.2, 0) is 6.54 Å². The summed E-state index contributed by atoms with van der Waals surface area (Å²) >= 11 is 0. The van der Waals surface area contributed by atoms with Gasteiger partial charge < -0.3 is 29.0 Å². The quantitative estimate of drug-likeness (QED) is 0.565. The Morgan fingerprint density at radius 1 is 1.04 bits per heavy atom. The van der Waals surface area contributed by atoms with E-state index in [9.17, 15) is 14.9 Å². The van der Waals surface area contributed by atoms with Crippen molar-refractivity contribution >= 4 is 11.6 Å². The summed E-state index contributed by atoms with van der Waals surface area (Å²) in [5.41, 5.74) is 0.103. The van der Waals surface area contributed by atoms with Crippen LogP contribution in [0.25, 0.3) is 0 Å². The summed E-state index contributed by atoms with van der Waals surface area (Å²) < 4.78 is 26.1. The van der Waals surface area contributed by atoms with Crippen molar-refractivity contribution in [2.45, 2.75) is 6.54 Å². The van der Waals surface area contributed by atoms with E-state index in [4.69, 9.17) is 23.7 Å². The molecule has 1 aliphatic heterocycles. The van der Waals surface area contributed by atoms with Crippen LogP contribution in [-0.4, -0.2) is 39.0 Å². The minimum absolute atomic E-state index is 0.0496. The Balaban J connectivity index is 1.86. The van der Waals surface area contributed by atoms with Crippen LogP contribution in [0.3, 0.4) is 0 Å². The highest BCUT2D eigenvalue weighted by Gasteiger charge is 2.27. The van der Waals surface area contributed by atoms with Crippen molar-refractivity contribution in [3.05, 3.63) is 45.5 Å². The number of rotatable bonds is 7. The van der Waals surface area contributed by atoms with Gasteiger partial charge in [0.15, 0.2) is 23.0 Å². The molecule has 0 unspecified atom stereocenters. The Morgan fingerprint density at radius 3 is 2.25 bits per heavy atom. The molecule has 2 aromatic carbocycles. The Labute approximate surface area is 160 Å². The lowest BCUT2D eigenvalue weighted by Crippen LogP contribution is -2.24. The number of nitro benzene ring substituents is 1. The number of carbonyl (C=O) groups excluding carboxylic acids is 1. The predicted molar refractivity (Wildman–Crippen MR) is 96.5 cm³/mol. The van der Waals surface area contributed by atoms with Gasteiger partial charge in [-0.15, -0.1) is 0 Å². The highest BCUT2D eigenvalue weighted by Crippen LogP contribution is 2.38. The monoisotopic (exact) mass is 390 g/mol. The highest BCUT2D eigenvalue weighted by atomic mass is 16.7. The molecule has 1 aliphatic rings. The van der Waals surface area contributed by atoms with E-state index in [1.165, 1.54) is 33.5 Å². The van der Waals surface area contributed by atoms with Crippen molar-refractivity contribution in [3.8, 4) is 28.7 Å². The van der Waals surface area contributed by atoms with Gasteiger partial charge in [0.25, 0.3) is 11.6 Å². The number of nitrogens with zero attached hydrogens (tertiary/aromatic N) is 1. The number of fused-ring (bicyclic) bond motifs is 1. The van der Waals surface area contributed by atoms with Gasteiger partial charge in [-0.05, 0) is 6.07 Å². The second-order valence-electron chi connectivity index (χ2n) is 5.68. The molecule has 0 fully saturated rings. The topological polar surface area (TPSA) is 118 Å². The third-order valence-corrected chi connectivity index (χ3v) is 4.16. The average Bonchev–Trinajstić information content (AvgIpc) is 3.17. The van der Waals surface area contributed by atoms with E-state index in [0.717, 1.165) is 0 Å². The van der Waals surface area contributed by atoms with Crippen molar-refractivity contribution in [2.75, 3.05) is 28.1 Å². The lowest BCUT2D eigenvalue weighted by Gasteiger charge is -2.14. The van der Waals surface area contributed by atoms with E-state index >= 15 is 0 Å². The number of methoxy groups -OCH3 is 3. The zero-order chi connectivity index (χ0) is 20.3. The van der Waals surface area contributed by atoms with Crippen molar-refractivity contribution in [1.29, 1.82) is 0 Å². The molecule has 148 valence electrons. The zero-order valence-corrected chi connectivity index (χ0v) is 15.4. The number of amides is 1. The highest BCUT2D eigenvalue weighted by molar-refractivity contribution is 5.99. The molecule has 0 spiro atoms. The molecule has 28 heavy (non-hydrogen) atoms. The fourth-order valence-electron chi connectivity index (χ4n) is 2.77. The number of benzene rings is 2. The normalized spacial score (nSPS) is 11.7. The maximum absolute atomic E-state index is 12.6. The van der Waals surface area contributed by atoms with E-state index in [0.29, 0.717) is 22.8 Å². The fourth-order valence-corrected chi connectivity index (χ4v) is 2.77. The zero-order valence-electron chi connectivity index (χ0n) is 15.4. The third-order valence-electron chi connectivity index (χ3n) is 4.16. The van der Waals surface area contributed by atoms with E-state index in [2.05, 4.69) is 5.32 Å². The van der Waals surface area contributed by atoms with Crippen molar-refractivity contribution < 1.29 is 33.4 Å². The van der Waals surface area contributed by atoms with Crippen LogP contribution < -0.4 is 29.0 Å². The Morgan fingerprint density at radius 2 is 1.64 bits per heavy atom. The molecule has 1 heterocycles. The Hall–Kier alpha value is -3.69. The van der Waals surface area contributed by atoms with Gasteiger partial charge in [0.1, 0.15) is 11.3 Å². The molecule has 2 aromatic rings. The van der Waals surface area contributed by atoms with E-state index in [1.54, 1.807) is 12.1 Å². The molecule has 1 amide bonds. The fraction of sp³-hybridized carbons (Fsp3) is 0.278. The maximum atomic E-state index is 12.6. The van der Waals surface area contributed by atoms with Gasteiger partial charge in [-0.3, -0.25) is 14.9 Å². The van der Waals surface area contributed by atoms with Gasteiger partial charge in [-0.25, -0.2) is 0 Å². The predicted octanol–water partition coefficient (Wildman–Crippen LogP) is 2.28. The molecule has 10 heteroatoms. The molecule has 10 nitrogen and oxygen atoms in total. The molecule has 0 radical (unpaired) electrons. The van der Waals surface area contributed by atoms with Crippen LogP contribution in [0.4, 0.5) is 5.69 Å². The van der Waals surface area contributed by atoms with Crippen LogP contribution in [0.1, 0.15) is 15.9 Å². The van der Waals surface area contributed by atoms with Crippen LogP contribution in [0.5, 0.6) is 28.7 Å². The van der Waals surface area contributed by atoms with Gasteiger partial charge >= 0.3 is 0 Å². The lowest BCUT2D eigenvalue weighted by atomic mass is 10.1. The number of nitrogens with one attached hydrogen (secondary N) is 1. The molecule has 0 bridgehead atoms. The average molecular weight is 390 g/mol. The number of ether oxygens (including phenoxy) is 5. The number of hydrogen-bond acceptors (Lipinski definition) is 8. The van der Waals surface area contributed by atoms with Crippen LogP contribution in [0.2, 0.25) is 0 Å². The van der Waals surface area contributed by atoms with Gasteiger partial charge in [0.2, 0.25) is 6.79 Å². The number of hydrogen-bond donors (Lipinski definition) is 1. The van der Waals surface area contributed by atoms with E-state index < -0.39 is 10.8 Å². The van der Waals surface area contributed by atoms with E-state index in [1.807, 2.05) is 0 Å². The van der Waals surface area contributed by atoms with Crippen LogP contribution in [0, 0.1) is 10.1 Å². The molecule has 0 aliphatic carbocycles. The first-order chi connectivity index (χ1) is 13.5. The summed E-state index contributed by atoms with van der Waals surface area (Å²) in [6.45, 7) is -0.00560. The van der Waals surface area contributed by atoms with Crippen molar-refractivity contribution in [1.82, 2.24) is 5.32 Å². The molecule has 0 saturated carbocycles. The summed E-state index contributed by atoms with van der Waals surface area (Å²) in [6.07, 6.45) is 0. The standard InChI is InChI=1S/C18H18N2O8/c1-24-13-7-15(26-3)14(25-2)4-10(13)8-19-18(21)11-5-16-17(28-9-27-16)6-12(11)20(22)23/h4-7H,8-9H2,1-3H3,(H,19,21). The Kier molecular flexibility index (Phi) is 5.39. The molecule has 1 N–H and O–H groups in total. The number of carbonyl (C=O) groups is 1. The van der Waals surface area contributed by atoms with Gasteiger partial charge in [0.05, 0.1) is 32.3 Å². The minimum Gasteiger partial charge on any atom is -0.496 e. The molecular weight excluding hydrogens is 372 g/mol. The Bertz CT molecular complexity index is 928. The van der Waals surface area contributed by atoms with Gasteiger partial charge in [0, 0.05) is 24.2 Å². The van der Waals surface area contributed by atoms with Gasteiger partial charge in [-0.1, -0.05) is 0 Å². The smallest absolute Gasteiger partial charge is 0.286 e. The summed E-state index contributed by atoms with van der Waals surface area (Å²) in [5, 5.41) is 14.0. The van der Waals surface area contributed by atoms with Crippen LogP contribution in [0.15, 0.2) is 24.3 Å². The van der Waals surface area contributed by atoms with Gasteiger partial charge in [-0.2, -0.15) is 0 Å². The SMILES string of the molecule is COc1cc(OC)c(OC)cc1CNC(=O)c1cc2c(cc1[N+](=O)[O-])OCO2. The second kappa shape index (κ2) is 7.91. The van der Waals surface area contributed by atoms with E-state index in [-0.39, 0.29) is 36.1 Å². The largest absolute Gasteiger partial charge is 0.496 e. The lowest BCUT2D eigenvalue weighted by molar-refractivity contribution is -0.385. The summed E-state index contributed by atoms with van der Waals surface area (Å²) in [6, 6.07) is 5.76. The summed E-state index contributed by atoms with van der Waals surface area (Å²) in [7, 11) is 4.47. The molecule has 0 aromatic heterocycles.